The van der Waals surface area contributed by atoms with Gasteiger partial charge in [0.1, 0.15) is 17.4 Å². The van der Waals surface area contributed by atoms with Crippen molar-refractivity contribution in [2.75, 3.05) is 12.4 Å². The van der Waals surface area contributed by atoms with E-state index in [0.717, 1.165) is 24.8 Å². The number of benzene rings is 2. The molecular weight excluding hydrogens is 542 g/mol. The first-order valence-corrected chi connectivity index (χ1v) is 14.8. The van der Waals surface area contributed by atoms with Crippen molar-refractivity contribution in [1.82, 2.24) is 10.2 Å². The summed E-state index contributed by atoms with van der Waals surface area (Å²) in [5, 5.41) is 6.74. The van der Waals surface area contributed by atoms with Crippen LogP contribution in [0.4, 0.5) is 5.69 Å². The molecule has 1 aliphatic carbocycles. The van der Waals surface area contributed by atoms with E-state index in [9.17, 15) is 14.4 Å². The topological polar surface area (TPSA) is 97.0 Å². The van der Waals surface area contributed by atoms with Crippen molar-refractivity contribution in [2.45, 2.75) is 63.4 Å². The maximum atomic E-state index is 14.3. The molecule has 41 heavy (non-hydrogen) atoms. The van der Waals surface area contributed by atoms with Gasteiger partial charge in [-0.25, -0.2) is 0 Å². The van der Waals surface area contributed by atoms with Crippen molar-refractivity contribution in [3.8, 4) is 5.75 Å². The lowest BCUT2D eigenvalue weighted by atomic mass is 9.73. The number of fused-ring (bicyclic) bond motifs is 1. The predicted molar refractivity (Wildman–Crippen MR) is 155 cm³/mol. The summed E-state index contributed by atoms with van der Waals surface area (Å²) in [6.07, 6.45) is 6.13. The van der Waals surface area contributed by atoms with Gasteiger partial charge in [0.25, 0.3) is 0 Å². The second-order valence-electron chi connectivity index (χ2n) is 11.9. The van der Waals surface area contributed by atoms with Gasteiger partial charge in [0.2, 0.25) is 17.7 Å². The number of ether oxygens (including phenoxy) is 2. The van der Waals surface area contributed by atoms with Crippen molar-refractivity contribution in [3.63, 3.8) is 0 Å². The zero-order valence-corrected chi connectivity index (χ0v) is 24.3. The molecule has 3 amide bonds. The normalized spacial score (nSPS) is 33.5. The number of amides is 3. The second kappa shape index (κ2) is 10.8. The van der Waals surface area contributed by atoms with Crippen molar-refractivity contribution in [2.24, 2.45) is 23.7 Å². The first kappa shape index (κ1) is 27.8. The lowest BCUT2D eigenvalue weighted by Gasteiger charge is -2.38. The number of nitrogens with zero attached hydrogens (tertiary/aromatic N) is 1. The molecule has 4 aliphatic rings. The Bertz CT molecular complexity index is 1380. The molecule has 8 nitrogen and oxygen atoms in total. The second-order valence-corrected chi connectivity index (χ2v) is 12.3. The summed E-state index contributed by atoms with van der Waals surface area (Å²) in [5.74, 6) is -0.991. The maximum Gasteiger partial charge on any atom is 0.246 e. The molecule has 2 aromatic rings. The average molecular weight is 578 g/mol. The summed E-state index contributed by atoms with van der Waals surface area (Å²) in [7, 11) is 1.58. The van der Waals surface area contributed by atoms with Crippen LogP contribution in [-0.2, 0) is 25.7 Å². The van der Waals surface area contributed by atoms with Crippen LogP contribution in [0.15, 0.2) is 60.7 Å². The Morgan fingerprint density at radius 3 is 2.59 bits per heavy atom. The SMILES string of the molecule is COc1ccc(NC(=O)[C@@H]2[C@@H]3C=C[C@]4(O3)[C@@H]2C(=O)N(Cc2ccccc2Cl)[C@H]4C(=O)N[C@@H]2CCC[C@H](C)[C@H]2C)cc1. The summed E-state index contributed by atoms with van der Waals surface area (Å²) in [6, 6.07) is 13.4. The number of likely N-dealkylation sites (tertiary alicyclic amines) is 1. The molecule has 216 valence electrons. The molecule has 2 N–H and O–H groups in total. The minimum atomic E-state index is -1.24. The molecule has 2 bridgehead atoms. The molecule has 6 rings (SSSR count). The Kier molecular flexibility index (Phi) is 7.32. The predicted octanol–water partition coefficient (Wildman–Crippen LogP) is 4.58. The third-order valence-electron chi connectivity index (χ3n) is 9.62. The summed E-state index contributed by atoms with van der Waals surface area (Å²) >= 11 is 6.50. The molecule has 1 saturated carbocycles. The molecule has 3 heterocycles. The van der Waals surface area contributed by atoms with Crippen LogP contribution in [0.1, 0.15) is 38.7 Å². The molecule has 0 aromatic heterocycles. The molecule has 3 aliphatic heterocycles. The number of carbonyl (C=O) groups is 3. The Morgan fingerprint density at radius 1 is 1.10 bits per heavy atom. The maximum absolute atomic E-state index is 14.3. The summed E-state index contributed by atoms with van der Waals surface area (Å²) in [5.41, 5.74) is 0.0807. The molecule has 2 saturated heterocycles. The number of carbonyl (C=O) groups excluding carboxylic acids is 3. The number of halogens is 1. The minimum absolute atomic E-state index is 0.00992. The smallest absolute Gasteiger partial charge is 0.246 e. The third-order valence-corrected chi connectivity index (χ3v) is 9.98. The van der Waals surface area contributed by atoms with Gasteiger partial charge in [-0.2, -0.15) is 0 Å². The van der Waals surface area contributed by atoms with E-state index in [4.69, 9.17) is 21.1 Å². The van der Waals surface area contributed by atoms with Gasteiger partial charge in [-0.15, -0.1) is 0 Å². The minimum Gasteiger partial charge on any atom is -0.497 e. The Balaban J connectivity index is 1.32. The highest BCUT2D eigenvalue weighted by molar-refractivity contribution is 6.31. The van der Waals surface area contributed by atoms with Crippen LogP contribution in [0.5, 0.6) is 5.75 Å². The van der Waals surface area contributed by atoms with Crippen LogP contribution in [0.3, 0.4) is 0 Å². The van der Waals surface area contributed by atoms with Gasteiger partial charge in [0.15, 0.2) is 0 Å². The van der Waals surface area contributed by atoms with Gasteiger partial charge in [-0.3, -0.25) is 14.4 Å². The fourth-order valence-electron chi connectivity index (χ4n) is 7.20. The highest BCUT2D eigenvalue weighted by Gasteiger charge is 2.72. The standard InChI is InChI=1S/C32H36ClN3O5/c1-18-7-6-10-24(19(18)2)35-30(38)28-32-16-15-25(41-32)26(29(37)34-21-11-13-22(40-3)14-12-21)27(32)31(39)36(28)17-20-8-4-5-9-23(20)33/h4-5,8-9,11-16,18-19,24-28H,6-7,10,17H2,1-3H3,(H,34,37)(H,35,38)/t18-,19+,24+,25-,26+,27-,28-,32-/m0/s1. The molecule has 0 unspecified atom stereocenters. The number of anilines is 1. The third kappa shape index (κ3) is 4.71. The zero-order chi connectivity index (χ0) is 28.9. The lowest BCUT2D eigenvalue weighted by Crippen LogP contribution is -2.57. The molecule has 1 spiro atoms. The molecular formula is C32H36ClN3O5. The summed E-state index contributed by atoms with van der Waals surface area (Å²) in [6.45, 7) is 4.53. The number of nitrogens with one attached hydrogen (secondary N) is 2. The van der Waals surface area contributed by atoms with E-state index in [1.54, 1.807) is 42.3 Å². The number of methoxy groups -OCH3 is 1. The van der Waals surface area contributed by atoms with Crippen LogP contribution < -0.4 is 15.4 Å². The van der Waals surface area contributed by atoms with Gasteiger partial charge >= 0.3 is 0 Å². The summed E-state index contributed by atoms with van der Waals surface area (Å²) in [4.78, 5) is 43.7. The van der Waals surface area contributed by atoms with Gasteiger partial charge in [-0.1, -0.05) is 68.6 Å². The Hall–Kier alpha value is -3.36. The van der Waals surface area contributed by atoms with Crippen molar-refractivity contribution in [1.29, 1.82) is 0 Å². The number of hydrogen-bond acceptors (Lipinski definition) is 5. The highest BCUT2D eigenvalue weighted by Crippen LogP contribution is 2.55. The van der Waals surface area contributed by atoms with E-state index in [1.807, 2.05) is 30.4 Å². The van der Waals surface area contributed by atoms with E-state index < -0.39 is 29.6 Å². The quantitative estimate of drug-likeness (QED) is 0.470. The summed E-state index contributed by atoms with van der Waals surface area (Å²) < 4.78 is 11.7. The average Bonchev–Trinajstić information content (AvgIpc) is 3.60. The zero-order valence-electron chi connectivity index (χ0n) is 23.5. The first-order chi connectivity index (χ1) is 19.7. The molecule has 0 radical (unpaired) electrons. The lowest BCUT2D eigenvalue weighted by molar-refractivity contribution is -0.142. The molecule has 8 atom stereocenters. The van der Waals surface area contributed by atoms with E-state index in [2.05, 4.69) is 24.5 Å². The molecule has 2 aromatic carbocycles. The molecule has 9 heteroatoms. The van der Waals surface area contributed by atoms with E-state index in [1.165, 1.54) is 0 Å². The fraction of sp³-hybridized carbons (Fsp3) is 0.469. The van der Waals surface area contributed by atoms with Crippen LogP contribution in [0.2, 0.25) is 5.02 Å². The van der Waals surface area contributed by atoms with Crippen molar-refractivity contribution in [3.05, 3.63) is 71.3 Å². The van der Waals surface area contributed by atoms with Crippen LogP contribution >= 0.6 is 11.6 Å². The van der Waals surface area contributed by atoms with Gasteiger partial charge in [-0.05, 0) is 54.2 Å². The first-order valence-electron chi connectivity index (χ1n) is 14.4. The number of rotatable bonds is 7. The van der Waals surface area contributed by atoms with Gasteiger partial charge in [0, 0.05) is 23.3 Å². The van der Waals surface area contributed by atoms with Crippen molar-refractivity contribution < 1.29 is 23.9 Å². The van der Waals surface area contributed by atoms with Gasteiger partial charge in [0.05, 0.1) is 25.0 Å². The van der Waals surface area contributed by atoms with Crippen LogP contribution in [0.25, 0.3) is 0 Å². The van der Waals surface area contributed by atoms with Crippen molar-refractivity contribution >= 4 is 35.0 Å². The monoisotopic (exact) mass is 577 g/mol. The highest BCUT2D eigenvalue weighted by atomic mass is 35.5. The van der Waals surface area contributed by atoms with E-state index in [-0.39, 0.29) is 30.3 Å². The van der Waals surface area contributed by atoms with Crippen LogP contribution in [0, 0.1) is 23.7 Å². The fourth-order valence-corrected chi connectivity index (χ4v) is 7.39. The van der Waals surface area contributed by atoms with Crippen LogP contribution in [-0.4, -0.2) is 53.5 Å². The van der Waals surface area contributed by atoms with E-state index in [0.29, 0.717) is 28.3 Å². The van der Waals surface area contributed by atoms with Gasteiger partial charge < -0.3 is 25.0 Å². The number of hydrogen-bond donors (Lipinski definition) is 2. The Morgan fingerprint density at radius 2 is 1.85 bits per heavy atom. The molecule has 3 fully saturated rings. The van der Waals surface area contributed by atoms with E-state index >= 15 is 0 Å². The largest absolute Gasteiger partial charge is 0.497 e. The Labute approximate surface area is 245 Å².